The first-order chi connectivity index (χ1) is 6.18. The Morgan fingerprint density at radius 1 is 1.43 bits per heavy atom. The largest absolute Gasteiger partial charge is 0.479 e. The number of hydrogen-bond acceptors (Lipinski definition) is 2. The normalized spacial score (nSPS) is 29.1. The van der Waals surface area contributed by atoms with Gasteiger partial charge in [-0.15, -0.1) is 12.4 Å². The third kappa shape index (κ3) is 1.38. The Morgan fingerprint density at radius 2 is 1.93 bits per heavy atom. The fourth-order valence-electron chi connectivity index (χ4n) is 1.58. The number of carbonyl (C=O) groups is 1. The van der Waals surface area contributed by atoms with E-state index >= 15 is 0 Å². The van der Waals surface area contributed by atoms with E-state index in [1.165, 1.54) is 0 Å². The van der Waals surface area contributed by atoms with Gasteiger partial charge in [-0.1, -0.05) is 30.3 Å². The van der Waals surface area contributed by atoms with Crippen LogP contribution >= 0.6 is 12.4 Å². The third-order valence-electron chi connectivity index (χ3n) is 2.40. The minimum Gasteiger partial charge on any atom is -0.479 e. The standard InChI is InChI=1S/C10H10O3.ClH/c1-7-10(13-7,9(11)12)8-5-3-2-4-6-8;/h2-7H,1H3,(H,11,12);1H. The van der Waals surface area contributed by atoms with Crippen molar-refractivity contribution < 1.29 is 14.6 Å². The first kappa shape index (κ1) is 11.0. The molecule has 0 spiro atoms. The summed E-state index contributed by atoms with van der Waals surface area (Å²) in [5, 5.41) is 9.00. The van der Waals surface area contributed by atoms with Gasteiger partial charge in [0.05, 0.1) is 0 Å². The number of epoxide rings is 1. The van der Waals surface area contributed by atoms with Gasteiger partial charge >= 0.3 is 5.97 Å². The number of aliphatic carboxylic acids is 1. The van der Waals surface area contributed by atoms with Crippen LogP contribution in [0.2, 0.25) is 0 Å². The predicted octanol–water partition coefficient (Wildman–Crippen LogP) is 1.81. The first-order valence-electron chi connectivity index (χ1n) is 4.14. The second kappa shape index (κ2) is 3.59. The van der Waals surface area contributed by atoms with Crippen molar-refractivity contribution in [2.45, 2.75) is 18.6 Å². The smallest absolute Gasteiger partial charge is 0.343 e. The lowest BCUT2D eigenvalue weighted by molar-refractivity contribution is -0.143. The molecule has 0 bridgehead atoms. The van der Waals surface area contributed by atoms with Crippen LogP contribution in [0.4, 0.5) is 0 Å². The fraction of sp³-hybridized carbons (Fsp3) is 0.300. The van der Waals surface area contributed by atoms with E-state index < -0.39 is 11.6 Å². The van der Waals surface area contributed by atoms with E-state index in [9.17, 15) is 4.79 Å². The zero-order chi connectivity index (χ0) is 9.47. The zero-order valence-corrected chi connectivity index (χ0v) is 8.45. The van der Waals surface area contributed by atoms with Gasteiger partial charge in [0.15, 0.2) is 0 Å². The van der Waals surface area contributed by atoms with Crippen LogP contribution in [0.1, 0.15) is 12.5 Å². The second-order valence-corrected chi connectivity index (χ2v) is 3.17. The maximum absolute atomic E-state index is 11.0. The number of benzene rings is 1. The van der Waals surface area contributed by atoms with Gasteiger partial charge < -0.3 is 9.84 Å². The van der Waals surface area contributed by atoms with Crippen LogP contribution in [0.25, 0.3) is 0 Å². The van der Waals surface area contributed by atoms with Crippen LogP contribution in [-0.2, 0) is 15.1 Å². The lowest BCUT2D eigenvalue weighted by atomic mass is 9.96. The van der Waals surface area contributed by atoms with Gasteiger partial charge in [-0.2, -0.15) is 0 Å². The minimum absolute atomic E-state index is 0. The molecule has 1 heterocycles. The van der Waals surface area contributed by atoms with E-state index in [0.29, 0.717) is 0 Å². The van der Waals surface area contributed by atoms with Gasteiger partial charge in [0, 0.05) is 0 Å². The van der Waals surface area contributed by atoms with Crippen LogP contribution in [-0.4, -0.2) is 17.2 Å². The summed E-state index contributed by atoms with van der Waals surface area (Å²) in [4.78, 5) is 11.0. The van der Waals surface area contributed by atoms with Crippen molar-refractivity contribution in [1.82, 2.24) is 0 Å². The lowest BCUT2D eigenvalue weighted by Crippen LogP contribution is -2.23. The number of carboxylic acid groups (broad SMARTS) is 1. The molecule has 1 aromatic carbocycles. The highest BCUT2D eigenvalue weighted by Gasteiger charge is 2.61. The molecule has 0 saturated carbocycles. The topological polar surface area (TPSA) is 49.8 Å². The average molecular weight is 215 g/mol. The maximum atomic E-state index is 11.0. The molecule has 1 fully saturated rings. The van der Waals surface area contributed by atoms with Crippen LogP contribution in [0.3, 0.4) is 0 Å². The van der Waals surface area contributed by atoms with Crippen LogP contribution in [0, 0.1) is 0 Å². The van der Waals surface area contributed by atoms with Crippen LogP contribution in [0.5, 0.6) is 0 Å². The van der Waals surface area contributed by atoms with Gasteiger partial charge in [-0.25, -0.2) is 4.79 Å². The third-order valence-corrected chi connectivity index (χ3v) is 2.40. The van der Waals surface area contributed by atoms with Gasteiger partial charge in [-0.3, -0.25) is 0 Å². The molecule has 1 aliphatic rings. The Kier molecular flexibility index (Phi) is 2.83. The highest BCUT2D eigenvalue weighted by molar-refractivity contribution is 5.85. The SMILES string of the molecule is CC1OC1(C(=O)O)c1ccccc1.Cl. The molecule has 0 aliphatic carbocycles. The van der Waals surface area contributed by atoms with Gasteiger partial charge in [0.2, 0.25) is 5.60 Å². The van der Waals surface area contributed by atoms with E-state index in [0.717, 1.165) is 5.56 Å². The Morgan fingerprint density at radius 3 is 2.29 bits per heavy atom. The summed E-state index contributed by atoms with van der Waals surface area (Å²) in [5.74, 6) is -0.911. The number of hydrogen-bond donors (Lipinski definition) is 1. The molecule has 2 rings (SSSR count). The minimum atomic E-state index is -1.08. The molecular weight excluding hydrogens is 204 g/mol. The molecule has 1 saturated heterocycles. The van der Waals surface area contributed by atoms with E-state index in [2.05, 4.69) is 0 Å². The van der Waals surface area contributed by atoms with Gasteiger partial charge in [0.1, 0.15) is 6.10 Å². The molecule has 2 unspecified atom stereocenters. The summed E-state index contributed by atoms with van der Waals surface area (Å²) in [7, 11) is 0. The molecule has 14 heavy (non-hydrogen) atoms. The van der Waals surface area contributed by atoms with Gasteiger partial charge in [0.25, 0.3) is 0 Å². The van der Waals surface area contributed by atoms with E-state index in [4.69, 9.17) is 9.84 Å². The molecular formula is C10H11ClO3. The van der Waals surface area contributed by atoms with Crippen molar-refractivity contribution in [3.05, 3.63) is 35.9 Å². The molecule has 4 heteroatoms. The molecule has 1 N–H and O–H groups in total. The predicted molar refractivity (Wildman–Crippen MR) is 53.6 cm³/mol. The lowest BCUT2D eigenvalue weighted by Gasteiger charge is -2.06. The molecule has 76 valence electrons. The summed E-state index contributed by atoms with van der Waals surface area (Å²) >= 11 is 0. The molecule has 1 aromatic rings. The summed E-state index contributed by atoms with van der Waals surface area (Å²) in [6, 6.07) is 9.03. The average Bonchev–Trinajstić information content (AvgIpc) is 2.80. The molecule has 0 aromatic heterocycles. The Hall–Kier alpha value is -1.06. The molecule has 1 aliphatic heterocycles. The quantitative estimate of drug-likeness (QED) is 0.764. The van der Waals surface area contributed by atoms with Crippen LogP contribution < -0.4 is 0 Å². The number of carboxylic acids is 1. The zero-order valence-electron chi connectivity index (χ0n) is 7.64. The van der Waals surface area contributed by atoms with Crippen molar-refractivity contribution in [1.29, 1.82) is 0 Å². The van der Waals surface area contributed by atoms with Crippen molar-refractivity contribution in [3.63, 3.8) is 0 Å². The van der Waals surface area contributed by atoms with Crippen molar-refractivity contribution in [2.24, 2.45) is 0 Å². The monoisotopic (exact) mass is 214 g/mol. The van der Waals surface area contributed by atoms with E-state index in [-0.39, 0.29) is 18.5 Å². The number of ether oxygens (including phenoxy) is 1. The molecule has 0 radical (unpaired) electrons. The van der Waals surface area contributed by atoms with Crippen molar-refractivity contribution >= 4 is 18.4 Å². The summed E-state index contributed by atoms with van der Waals surface area (Å²) in [6.07, 6.45) is -0.229. The Labute approximate surface area is 88.1 Å². The second-order valence-electron chi connectivity index (χ2n) is 3.17. The molecule has 0 amide bonds. The summed E-state index contributed by atoms with van der Waals surface area (Å²) < 4.78 is 5.15. The van der Waals surface area contributed by atoms with E-state index in [1.54, 1.807) is 19.1 Å². The maximum Gasteiger partial charge on any atom is 0.343 e. The highest BCUT2D eigenvalue weighted by Crippen LogP contribution is 2.46. The molecule has 2 atom stereocenters. The highest BCUT2D eigenvalue weighted by atomic mass is 35.5. The Balaban J connectivity index is 0.000000980. The summed E-state index contributed by atoms with van der Waals surface area (Å²) in [5.41, 5.74) is -0.364. The van der Waals surface area contributed by atoms with E-state index in [1.807, 2.05) is 18.2 Å². The Bertz CT molecular complexity index is 338. The van der Waals surface area contributed by atoms with Crippen LogP contribution in [0.15, 0.2) is 30.3 Å². The first-order valence-corrected chi connectivity index (χ1v) is 4.14. The fourth-order valence-corrected chi connectivity index (χ4v) is 1.58. The van der Waals surface area contributed by atoms with Crippen molar-refractivity contribution in [3.8, 4) is 0 Å². The number of halogens is 1. The number of rotatable bonds is 2. The van der Waals surface area contributed by atoms with Crippen molar-refractivity contribution in [2.75, 3.05) is 0 Å². The van der Waals surface area contributed by atoms with Gasteiger partial charge in [-0.05, 0) is 12.5 Å². The molecule has 3 nitrogen and oxygen atoms in total. The summed E-state index contributed by atoms with van der Waals surface area (Å²) in [6.45, 7) is 1.76.